The Morgan fingerprint density at radius 3 is 2.86 bits per heavy atom. The zero-order chi connectivity index (χ0) is 10.6. The Labute approximate surface area is 80.0 Å². The van der Waals surface area contributed by atoms with E-state index in [-0.39, 0.29) is 6.61 Å². The van der Waals surface area contributed by atoms with Crippen molar-refractivity contribution in [1.82, 2.24) is 5.48 Å². The van der Waals surface area contributed by atoms with Crippen molar-refractivity contribution in [1.29, 1.82) is 0 Å². The summed E-state index contributed by atoms with van der Waals surface area (Å²) in [5, 5.41) is 0. The highest BCUT2D eigenvalue weighted by atomic mass is 16.7. The minimum atomic E-state index is -0.658. The molecule has 14 heavy (non-hydrogen) atoms. The van der Waals surface area contributed by atoms with E-state index in [9.17, 15) is 9.59 Å². The number of nitrogens with one attached hydrogen (secondary N) is 1. The molecule has 0 aliphatic carbocycles. The third-order valence-electron chi connectivity index (χ3n) is 1.48. The van der Waals surface area contributed by atoms with Gasteiger partial charge in [0.05, 0.1) is 11.8 Å². The maximum Gasteiger partial charge on any atom is 0.278 e. The van der Waals surface area contributed by atoms with Crippen LogP contribution in [0.25, 0.3) is 0 Å². The minimum absolute atomic E-state index is 0.356. The fourth-order valence-electron chi connectivity index (χ4n) is 0.848. The van der Waals surface area contributed by atoms with Gasteiger partial charge in [-0.25, -0.2) is 5.48 Å². The van der Waals surface area contributed by atoms with Crippen LogP contribution in [-0.2, 0) is 9.63 Å². The lowest BCUT2D eigenvalue weighted by atomic mass is 10.2. The van der Waals surface area contributed by atoms with Gasteiger partial charge in [0.1, 0.15) is 5.76 Å². The lowest BCUT2D eigenvalue weighted by Crippen LogP contribution is -2.29. The average Bonchev–Trinajstić information content (AvgIpc) is 2.50. The van der Waals surface area contributed by atoms with E-state index < -0.39 is 11.8 Å². The maximum absolute atomic E-state index is 11.3. The minimum Gasteiger partial charge on any atom is -0.469 e. The molecule has 6 heteroatoms. The second-order valence-corrected chi connectivity index (χ2v) is 2.58. The van der Waals surface area contributed by atoms with Gasteiger partial charge in [-0.1, -0.05) is 0 Å². The number of hydrogen-bond donors (Lipinski definition) is 2. The van der Waals surface area contributed by atoms with E-state index in [1.54, 1.807) is 6.92 Å². The molecule has 1 aromatic heterocycles. The summed E-state index contributed by atoms with van der Waals surface area (Å²) in [4.78, 5) is 26.0. The monoisotopic (exact) mass is 198 g/mol. The zero-order valence-corrected chi connectivity index (χ0v) is 7.57. The van der Waals surface area contributed by atoms with E-state index in [1.165, 1.54) is 12.3 Å². The molecular formula is C8H10N2O4. The van der Waals surface area contributed by atoms with Crippen LogP contribution in [0.15, 0.2) is 16.7 Å². The van der Waals surface area contributed by atoms with E-state index in [2.05, 4.69) is 10.3 Å². The van der Waals surface area contributed by atoms with Gasteiger partial charge in [-0.15, -0.1) is 0 Å². The van der Waals surface area contributed by atoms with Crippen molar-refractivity contribution < 1.29 is 18.8 Å². The van der Waals surface area contributed by atoms with Crippen LogP contribution in [0.3, 0.4) is 0 Å². The van der Waals surface area contributed by atoms with Crippen molar-refractivity contribution in [3.05, 3.63) is 23.7 Å². The summed E-state index contributed by atoms with van der Waals surface area (Å²) in [6.45, 7) is 1.28. The smallest absolute Gasteiger partial charge is 0.278 e. The first kappa shape index (κ1) is 10.3. The van der Waals surface area contributed by atoms with Gasteiger partial charge >= 0.3 is 0 Å². The molecule has 0 unspecified atom stereocenters. The van der Waals surface area contributed by atoms with Crippen LogP contribution in [0.2, 0.25) is 0 Å². The van der Waals surface area contributed by atoms with E-state index in [0.717, 1.165) is 0 Å². The molecule has 0 atom stereocenters. The standard InChI is InChI=1S/C8H10N2O4/c1-5-6(2-3-13-5)8(12)10-14-4-7(9)11/h2-3H,4H2,1H3,(H2,9,11)(H,10,12). The molecular weight excluding hydrogens is 188 g/mol. The Bertz CT molecular complexity index is 345. The van der Waals surface area contributed by atoms with Crippen LogP contribution >= 0.6 is 0 Å². The Morgan fingerprint density at radius 1 is 1.64 bits per heavy atom. The van der Waals surface area contributed by atoms with Crippen LogP contribution in [-0.4, -0.2) is 18.4 Å². The topological polar surface area (TPSA) is 94.6 Å². The molecule has 0 aromatic carbocycles. The molecule has 1 heterocycles. The van der Waals surface area contributed by atoms with Gasteiger partial charge in [0.2, 0.25) is 5.91 Å². The second kappa shape index (κ2) is 4.43. The third kappa shape index (κ3) is 2.60. The van der Waals surface area contributed by atoms with Crippen LogP contribution in [0.5, 0.6) is 0 Å². The van der Waals surface area contributed by atoms with Gasteiger partial charge in [-0.05, 0) is 13.0 Å². The summed E-state index contributed by atoms with van der Waals surface area (Å²) >= 11 is 0. The van der Waals surface area contributed by atoms with Crippen LogP contribution in [0.4, 0.5) is 0 Å². The van der Waals surface area contributed by atoms with Gasteiger partial charge in [0, 0.05) is 0 Å². The number of aryl methyl sites for hydroxylation is 1. The zero-order valence-electron chi connectivity index (χ0n) is 7.57. The van der Waals surface area contributed by atoms with Gasteiger partial charge in [0.25, 0.3) is 5.91 Å². The number of hydrogen-bond acceptors (Lipinski definition) is 4. The first-order chi connectivity index (χ1) is 6.61. The first-order valence-corrected chi connectivity index (χ1v) is 3.86. The van der Waals surface area contributed by atoms with Crippen molar-refractivity contribution in [2.24, 2.45) is 5.73 Å². The molecule has 0 fully saturated rings. The molecule has 0 aliphatic heterocycles. The molecule has 3 N–H and O–H groups in total. The molecule has 0 radical (unpaired) electrons. The number of primary amides is 1. The summed E-state index contributed by atoms with van der Waals surface area (Å²) in [5.74, 6) is -0.656. The molecule has 2 amide bonds. The van der Waals surface area contributed by atoms with Crippen molar-refractivity contribution in [3.8, 4) is 0 Å². The Kier molecular flexibility index (Phi) is 3.24. The Morgan fingerprint density at radius 2 is 2.36 bits per heavy atom. The quantitative estimate of drug-likeness (QED) is 0.651. The molecule has 6 nitrogen and oxygen atoms in total. The van der Waals surface area contributed by atoms with Crippen LogP contribution in [0.1, 0.15) is 16.1 Å². The van der Waals surface area contributed by atoms with Gasteiger partial charge in [-0.2, -0.15) is 0 Å². The third-order valence-corrected chi connectivity index (χ3v) is 1.48. The van der Waals surface area contributed by atoms with E-state index >= 15 is 0 Å². The number of amides is 2. The SMILES string of the molecule is Cc1occc1C(=O)NOCC(N)=O. The highest BCUT2D eigenvalue weighted by Gasteiger charge is 2.11. The fraction of sp³-hybridized carbons (Fsp3) is 0.250. The van der Waals surface area contributed by atoms with Gasteiger partial charge < -0.3 is 10.2 Å². The summed E-state index contributed by atoms with van der Waals surface area (Å²) in [6, 6.07) is 1.50. The molecule has 1 rings (SSSR count). The van der Waals surface area contributed by atoms with Crippen molar-refractivity contribution in [2.45, 2.75) is 6.92 Å². The lowest BCUT2D eigenvalue weighted by Gasteiger charge is -2.02. The number of rotatable bonds is 4. The van der Waals surface area contributed by atoms with Crippen LogP contribution in [0, 0.1) is 6.92 Å². The molecule has 1 aromatic rings. The molecule has 76 valence electrons. The fourth-order valence-corrected chi connectivity index (χ4v) is 0.848. The van der Waals surface area contributed by atoms with Crippen molar-refractivity contribution in [3.63, 3.8) is 0 Å². The molecule has 0 spiro atoms. The summed E-state index contributed by atoms with van der Waals surface area (Å²) in [5.41, 5.74) is 7.21. The molecule has 0 saturated carbocycles. The summed E-state index contributed by atoms with van der Waals surface area (Å²) in [6.07, 6.45) is 1.39. The highest BCUT2D eigenvalue weighted by Crippen LogP contribution is 2.07. The lowest BCUT2D eigenvalue weighted by molar-refractivity contribution is -0.124. The van der Waals surface area contributed by atoms with Crippen LogP contribution < -0.4 is 11.2 Å². The van der Waals surface area contributed by atoms with Gasteiger partial charge in [-0.3, -0.25) is 14.4 Å². The molecule has 0 aliphatic rings. The number of carbonyl (C=O) groups is 2. The first-order valence-electron chi connectivity index (χ1n) is 3.86. The number of furan rings is 1. The predicted octanol–water partition coefficient (Wildman–Crippen LogP) is -0.265. The maximum atomic E-state index is 11.3. The van der Waals surface area contributed by atoms with Gasteiger partial charge in [0.15, 0.2) is 6.61 Å². The number of hydroxylamine groups is 1. The Hall–Kier alpha value is -1.82. The summed E-state index contributed by atoms with van der Waals surface area (Å²) < 4.78 is 4.91. The molecule has 0 saturated heterocycles. The normalized spacial score (nSPS) is 9.79. The highest BCUT2D eigenvalue weighted by molar-refractivity contribution is 5.94. The largest absolute Gasteiger partial charge is 0.469 e. The number of nitrogens with two attached hydrogens (primary N) is 1. The molecule has 0 bridgehead atoms. The van der Waals surface area contributed by atoms with Crippen molar-refractivity contribution >= 4 is 11.8 Å². The van der Waals surface area contributed by atoms with Crippen molar-refractivity contribution in [2.75, 3.05) is 6.61 Å². The predicted molar refractivity (Wildman–Crippen MR) is 46.1 cm³/mol. The summed E-state index contributed by atoms with van der Waals surface area (Å²) in [7, 11) is 0. The average molecular weight is 198 g/mol. The van der Waals surface area contributed by atoms with E-state index in [0.29, 0.717) is 11.3 Å². The van der Waals surface area contributed by atoms with E-state index in [1.807, 2.05) is 0 Å². The Balaban J connectivity index is 2.44. The van der Waals surface area contributed by atoms with E-state index in [4.69, 9.17) is 10.2 Å². The number of carbonyl (C=O) groups excluding carboxylic acids is 2. The second-order valence-electron chi connectivity index (χ2n) is 2.58.